The van der Waals surface area contributed by atoms with Gasteiger partial charge in [0.15, 0.2) is 0 Å². The van der Waals surface area contributed by atoms with Gasteiger partial charge in [-0.05, 0) is 30.9 Å². The van der Waals surface area contributed by atoms with Crippen LogP contribution in [-0.2, 0) is 5.41 Å². The van der Waals surface area contributed by atoms with Gasteiger partial charge in [-0.2, -0.15) is 0 Å². The van der Waals surface area contributed by atoms with Crippen LogP contribution in [0.5, 0.6) is 0 Å². The normalized spacial score (nSPS) is 15.9. The van der Waals surface area contributed by atoms with Crippen LogP contribution in [-0.4, -0.2) is 16.5 Å². The van der Waals surface area contributed by atoms with Gasteiger partial charge in [-0.15, -0.1) is 0 Å². The number of nitrogens with one attached hydrogen (secondary N) is 1. The molecule has 1 N–H and O–H groups in total. The van der Waals surface area contributed by atoms with Crippen molar-refractivity contribution in [1.82, 2.24) is 4.98 Å². The SMILES string of the molecule is Cc1cc([N+](=O)[O-])cnc1NCC1(c2ccccc2)CCC1. The number of hydrogen-bond donors (Lipinski definition) is 1. The van der Waals surface area contributed by atoms with Crippen molar-refractivity contribution in [2.24, 2.45) is 0 Å². The highest BCUT2D eigenvalue weighted by molar-refractivity contribution is 5.49. The van der Waals surface area contributed by atoms with E-state index in [9.17, 15) is 10.1 Å². The molecular formula is C17H19N3O2. The Bertz CT molecular complexity index is 682. The number of nitro groups is 1. The van der Waals surface area contributed by atoms with Gasteiger partial charge in [0.25, 0.3) is 5.69 Å². The molecule has 1 heterocycles. The summed E-state index contributed by atoms with van der Waals surface area (Å²) in [4.78, 5) is 14.6. The molecule has 0 aliphatic heterocycles. The molecule has 0 radical (unpaired) electrons. The highest BCUT2D eigenvalue weighted by Gasteiger charge is 2.38. The Morgan fingerprint density at radius 3 is 2.59 bits per heavy atom. The summed E-state index contributed by atoms with van der Waals surface area (Å²) in [7, 11) is 0. The smallest absolute Gasteiger partial charge is 0.287 e. The minimum Gasteiger partial charge on any atom is -0.369 e. The minimum absolute atomic E-state index is 0.0319. The summed E-state index contributed by atoms with van der Waals surface area (Å²) in [5, 5.41) is 14.2. The lowest BCUT2D eigenvalue weighted by Crippen LogP contribution is -2.41. The quantitative estimate of drug-likeness (QED) is 0.672. The topological polar surface area (TPSA) is 68.1 Å². The van der Waals surface area contributed by atoms with E-state index in [1.54, 1.807) is 6.07 Å². The molecule has 1 aliphatic rings. The number of aromatic nitrogens is 1. The van der Waals surface area contributed by atoms with Crippen molar-refractivity contribution in [3.63, 3.8) is 0 Å². The number of nitrogens with zero attached hydrogens (tertiary/aromatic N) is 2. The third-order valence-electron chi connectivity index (χ3n) is 4.57. The maximum Gasteiger partial charge on any atom is 0.287 e. The van der Waals surface area contributed by atoms with Crippen LogP contribution >= 0.6 is 0 Å². The first-order valence-electron chi connectivity index (χ1n) is 7.51. The summed E-state index contributed by atoms with van der Waals surface area (Å²) in [6, 6.07) is 12.1. The zero-order chi connectivity index (χ0) is 15.6. The molecule has 0 unspecified atom stereocenters. The zero-order valence-corrected chi connectivity index (χ0v) is 12.6. The molecule has 1 fully saturated rings. The van der Waals surface area contributed by atoms with Crippen LogP contribution in [0, 0.1) is 17.0 Å². The van der Waals surface area contributed by atoms with Crippen LogP contribution in [0.3, 0.4) is 0 Å². The molecule has 5 nitrogen and oxygen atoms in total. The van der Waals surface area contributed by atoms with Gasteiger partial charge in [0.2, 0.25) is 0 Å². The van der Waals surface area contributed by atoms with Crippen LogP contribution < -0.4 is 5.32 Å². The third-order valence-corrected chi connectivity index (χ3v) is 4.57. The summed E-state index contributed by atoms with van der Waals surface area (Å²) < 4.78 is 0. The highest BCUT2D eigenvalue weighted by atomic mass is 16.6. The van der Waals surface area contributed by atoms with Gasteiger partial charge in [-0.25, -0.2) is 4.98 Å². The van der Waals surface area contributed by atoms with E-state index in [4.69, 9.17) is 0 Å². The number of pyridine rings is 1. The molecule has 1 aromatic carbocycles. The zero-order valence-electron chi connectivity index (χ0n) is 12.6. The van der Waals surface area contributed by atoms with Crippen molar-refractivity contribution in [3.05, 3.63) is 63.8 Å². The lowest BCUT2D eigenvalue weighted by atomic mass is 9.64. The Hall–Kier alpha value is -2.43. The van der Waals surface area contributed by atoms with E-state index in [1.165, 1.54) is 18.2 Å². The van der Waals surface area contributed by atoms with E-state index in [1.807, 2.05) is 13.0 Å². The van der Waals surface area contributed by atoms with Crippen molar-refractivity contribution >= 4 is 11.5 Å². The molecule has 3 rings (SSSR count). The molecule has 5 heteroatoms. The summed E-state index contributed by atoms with van der Waals surface area (Å²) >= 11 is 0. The molecule has 0 spiro atoms. The summed E-state index contributed by atoms with van der Waals surface area (Å²) in [6.45, 7) is 2.65. The van der Waals surface area contributed by atoms with Crippen molar-refractivity contribution in [2.75, 3.05) is 11.9 Å². The average Bonchev–Trinajstić information content (AvgIpc) is 2.48. The van der Waals surface area contributed by atoms with Crippen molar-refractivity contribution in [1.29, 1.82) is 0 Å². The first-order chi connectivity index (χ1) is 10.6. The second-order valence-corrected chi connectivity index (χ2v) is 5.97. The molecule has 0 bridgehead atoms. The van der Waals surface area contributed by atoms with Crippen molar-refractivity contribution in [3.8, 4) is 0 Å². The van der Waals surface area contributed by atoms with E-state index in [-0.39, 0.29) is 11.1 Å². The Balaban J connectivity index is 1.75. The monoisotopic (exact) mass is 297 g/mol. The van der Waals surface area contributed by atoms with Crippen LogP contribution in [0.1, 0.15) is 30.4 Å². The Labute approximate surface area is 129 Å². The summed E-state index contributed by atoms with van der Waals surface area (Å²) in [6.07, 6.45) is 4.88. The molecule has 2 aromatic rings. The molecule has 1 aliphatic carbocycles. The Morgan fingerprint density at radius 1 is 1.32 bits per heavy atom. The fourth-order valence-electron chi connectivity index (χ4n) is 3.06. The van der Waals surface area contributed by atoms with Gasteiger partial charge in [-0.1, -0.05) is 36.8 Å². The Kier molecular flexibility index (Phi) is 3.79. The van der Waals surface area contributed by atoms with E-state index in [0.29, 0.717) is 0 Å². The minimum atomic E-state index is -0.416. The number of anilines is 1. The van der Waals surface area contributed by atoms with E-state index < -0.39 is 4.92 Å². The molecule has 22 heavy (non-hydrogen) atoms. The lowest BCUT2D eigenvalue weighted by molar-refractivity contribution is -0.385. The van der Waals surface area contributed by atoms with Crippen LogP contribution in [0.4, 0.5) is 11.5 Å². The maximum atomic E-state index is 10.8. The first-order valence-corrected chi connectivity index (χ1v) is 7.51. The lowest BCUT2D eigenvalue weighted by Gasteiger charge is -2.42. The van der Waals surface area contributed by atoms with E-state index in [0.717, 1.165) is 30.8 Å². The molecular weight excluding hydrogens is 278 g/mol. The summed E-state index contributed by atoms with van der Waals surface area (Å²) in [5.74, 6) is 0.729. The van der Waals surface area contributed by atoms with Crippen molar-refractivity contribution in [2.45, 2.75) is 31.6 Å². The average molecular weight is 297 g/mol. The van der Waals surface area contributed by atoms with Gasteiger partial charge < -0.3 is 5.32 Å². The van der Waals surface area contributed by atoms with Gasteiger partial charge in [0.1, 0.15) is 12.0 Å². The number of aryl methyl sites for hydroxylation is 1. The molecule has 0 amide bonds. The van der Waals surface area contributed by atoms with Crippen molar-refractivity contribution < 1.29 is 4.92 Å². The van der Waals surface area contributed by atoms with Gasteiger partial charge >= 0.3 is 0 Å². The third kappa shape index (κ3) is 2.66. The van der Waals surface area contributed by atoms with Crippen LogP contribution in [0.15, 0.2) is 42.6 Å². The predicted molar refractivity (Wildman–Crippen MR) is 86.1 cm³/mol. The number of hydrogen-bond acceptors (Lipinski definition) is 4. The molecule has 1 saturated carbocycles. The fourth-order valence-corrected chi connectivity index (χ4v) is 3.06. The molecule has 0 saturated heterocycles. The second kappa shape index (κ2) is 5.75. The largest absolute Gasteiger partial charge is 0.369 e. The van der Waals surface area contributed by atoms with E-state index in [2.05, 4.69) is 34.6 Å². The standard InChI is InChI=1S/C17H19N3O2/c1-13-10-15(20(21)22)11-18-16(13)19-12-17(8-5-9-17)14-6-3-2-4-7-14/h2-4,6-7,10-11H,5,8-9,12H2,1H3,(H,18,19). The first kappa shape index (κ1) is 14.5. The molecule has 114 valence electrons. The molecule has 1 aromatic heterocycles. The van der Waals surface area contributed by atoms with E-state index >= 15 is 0 Å². The van der Waals surface area contributed by atoms with Crippen LogP contribution in [0.25, 0.3) is 0 Å². The maximum absolute atomic E-state index is 10.8. The van der Waals surface area contributed by atoms with Gasteiger partial charge in [0.05, 0.1) is 4.92 Å². The summed E-state index contributed by atoms with van der Waals surface area (Å²) in [5.41, 5.74) is 2.35. The van der Waals surface area contributed by atoms with Crippen LogP contribution in [0.2, 0.25) is 0 Å². The highest BCUT2D eigenvalue weighted by Crippen LogP contribution is 2.43. The van der Waals surface area contributed by atoms with Gasteiger partial charge in [0, 0.05) is 18.0 Å². The number of rotatable bonds is 5. The number of benzene rings is 1. The fraction of sp³-hybridized carbons (Fsp3) is 0.353. The second-order valence-electron chi connectivity index (χ2n) is 5.97. The Morgan fingerprint density at radius 2 is 2.05 bits per heavy atom. The predicted octanol–water partition coefficient (Wildman–Crippen LogP) is 3.83. The molecule has 0 atom stereocenters. The van der Waals surface area contributed by atoms with Gasteiger partial charge in [-0.3, -0.25) is 10.1 Å².